The number of rotatable bonds is 5. The maximum Gasteiger partial charge on any atom is 0.277 e. The van der Waals surface area contributed by atoms with Crippen molar-refractivity contribution in [3.63, 3.8) is 0 Å². The summed E-state index contributed by atoms with van der Waals surface area (Å²) in [5.74, 6) is -1.62. The Morgan fingerprint density at radius 3 is 2.48 bits per heavy atom. The lowest BCUT2D eigenvalue weighted by molar-refractivity contribution is -0.140. The quantitative estimate of drug-likeness (QED) is 0.601. The lowest BCUT2D eigenvalue weighted by Gasteiger charge is -2.26. The number of fused-ring (bicyclic) bond motifs is 2. The Balaban J connectivity index is 1.68. The van der Waals surface area contributed by atoms with E-state index in [0.717, 1.165) is 0 Å². The molecule has 0 unspecified atom stereocenters. The Kier molecular flexibility index (Phi) is 4.85. The Labute approximate surface area is 188 Å². The summed E-state index contributed by atoms with van der Waals surface area (Å²) in [6.45, 7) is 0. The van der Waals surface area contributed by atoms with Crippen molar-refractivity contribution < 1.29 is 28.3 Å². The Hall–Kier alpha value is -4.20. The van der Waals surface area contributed by atoms with Crippen LogP contribution in [0.2, 0.25) is 0 Å². The van der Waals surface area contributed by atoms with Gasteiger partial charge >= 0.3 is 0 Å². The maximum absolute atomic E-state index is 14.0. The van der Waals surface area contributed by atoms with E-state index in [9.17, 15) is 14.0 Å². The number of carbonyl (C=O) groups excluding carboxylic acids is 2. The van der Waals surface area contributed by atoms with Gasteiger partial charge < -0.3 is 19.6 Å². The van der Waals surface area contributed by atoms with Crippen molar-refractivity contribution in [3.8, 4) is 11.5 Å². The molecule has 3 aromatic rings. The third kappa shape index (κ3) is 3.06. The number of methoxy groups -OCH3 is 2. The highest BCUT2D eigenvalue weighted by Crippen LogP contribution is 2.50. The molecule has 166 valence electrons. The Morgan fingerprint density at radius 1 is 1.03 bits per heavy atom. The predicted molar refractivity (Wildman–Crippen MR) is 118 cm³/mol. The zero-order chi connectivity index (χ0) is 23.2. The first kappa shape index (κ1) is 20.7. The molecule has 1 amide bonds. The van der Waals surface area contributed by atoms with E-state index in [1.54, 1.807) is 42.5 Å². The van der Waals surface area contributed by atoms with E-state index in [-0.39, 0.29) is 11.3 Å². The second kappa shape index (κ2) is 7.74. The summed E-state index contributed by atoms with van der Waals surface area (Å²) in [4.78, 5) is 33.1. The number of hydrogen-bond acceptors (Lipinski definition) is 6. The molecule has 33 heavy (non-hydrogen) atoms. The van der Waals surface area contributed by atoms with Crippen molar-refractivity contribution in [2.24, 2.45) is 11.1 Å². The number of oxime groups is 1. The van der Waals surface area contributed by atoms with Crippen molar-refractivity contribution >= 4 is 23.1 Å². The highest BCUT2D eigenvalue weighted by Gasteiger charge is 2.63. The van der Waals surface area contributed by atoms with Crippen LogP contribution >= 0.6 is 0 Å². The number of hydrogen-bond donors (Lipinski definition) is 1. The minimum atomic E-state index is -1.69. The Bertz CT molecular complexity index is 1300. The second-order valence-electron chi connectivity index (χ2n) is 7.68. The van der Waals surface area contributed by atoms with E-state index in [0.29, 0.717) is 28.3 Å². The number of nitrogens with one attached hydrogen (secondary N) is 1. The van der Waals surface area contributed by atoms with Crippen LogP contribution in [0.15, 0.2) is 71.9 Å². The minimum absolute atomic E-state index is 0.238. The number of ketones is 1. The van der Waals surface area contributed by atoms with Crippen molar-refractivity contribution in [1.29, 1.82) is 0 Å². The van der Waals surface area contributed by atoms with E-state index in [4.69, 9.17) is 14.3 Å². The topological polar surface area (TPSA) is 86.2 Å². The van der Waals surface area contributed by atoms with Gasteiger partial charge in [0, 0.05) is 22.4 Å². The average Bonchev–Trinajstić information content (AvgIpc) is 3.37. The van der Waals surface area contributed by atoms with Crippen molar-refractivity contribution in [2.75, 3.05) is 19.5 Å². The first-order valence-corrected chi connectivity index (χ1v) is 10.2. The summed E-state index contributed by atoms with van der Waals surface area (Å²) >= 11 is 0. The number of para-hydroxylation sites is 1. The van der Waals surface area contributed by atoms with Crippen LogP contribution in [-0.2, 0) is 15.2 Å². The fourth-order valence-electron chi connectivity index (χ4n) is 4.35. The van der Waals surface area contributed by atoms with Gasteiger partial charge in [0.2, 0.25) is 0 Å². The number of benzene rings is 3. The van der Waals surface area contributed by atoms with Gasteiger partial charge in [-0.1, -0.05) is 35.5 Å². The minimum Gasteiger partial charge on any atom is -0.493 e. The number of anilines is 1. The normalized spacial score (nSPS) is 20.6. The van der Waals surface area contributed by atoms with Crippen LogP contribution < -0.4 is 14.8 Å². The molecule has 0 aliphatic carbocycles. The van der Waals surface area contributed by atoms with Gasteiger partial charge in [0.15, 0.2) is 17.3 Å². The average molecular weight is 446 g/mol. The van der Waals surface area contributed by atoms with E-state index in [1.165, 1.54) is 38.5 Å². The molecule has 5 rings (SSSR count). The van der Waals surface area contributed by atoms with E-state index in [2.05, 4.69) is 10.5 Å². The SMILES string of the molecule is COc1ccc(C(=O)[C@H]2C(c3ccc(F)cc3)=NO[C@@]23C(=O)Nc2ccccc23)cc1OC. The Morgan fingerprint density at radius 2 is 1.76 bits per heavy atom. The summed E-state index contributed by atoms with van der Waals surface area (Å²) < 4.78 is 24.2. The lowest BCUT2D eigenvalue weighted by atomic mass is 9.74. The van der Waals surface area contributed by atoms with Crippen molar-refractivity contribution in [1.82, 2.24) is 0 Å². The maximum atomic E-state index is 14.0. The van der Waals surface area contributed by atoms with E-state index < -0.39 is 29.0 Å². The van der Waals surface area contributed by atoms with Crippen LogP contribution in [0.4, 0.5) is 10.1 Å². The van der Waals surface area contributed by atoms with Gasteiger partial charge in [0.05, 0.1) is 14.2 Å². The number of carbonyl (C=O) groups is 2. The van der Waals surface area contributed by atoms with E-state index in [1.807, 2.05) is 0 Å². The summed E-state index contributed by atoms with van der Waals surface area (Å²) in [5.41, 5.74) is 0.364. The standard InChI is InChI=1S/C25H19FN2O5/c1-31-19-12-9-15(13-20(19)32-2)23(29)21-22(14-7-10-16(26)11-8-14)28-33-25(21)17-5-3-4-6-18(17)27-24(25)30/h3-13,21H,1-2H3,(H,27,30)/t21-,25-/m1/s1. The molecule has 0 fully saturated rings. The molecular formula is C25H19FN2O5. The van der Waals surface area contributed by atoms with E-state index >= 15 is 0 Å². The van der Waals surface area contributed by atoms with Crippen LogP contribution in [0, 0.1) is 11.7 Å². The molecule has 2 atom stereocenters. The molecule has 2 aliphatic heterocycles. The molecule has 7 nitrogen and oxygen atoms in total. The van der Waals surface area contributed by atoms with Crippen LogP contribution in [0.3, 0.4) is 0 Å². The molecule has 3 aromatic carbocycles. The summed E-state index contributed by atoms with van der Waals surface area (Å²) in [7, 11) is 2.97. The fraction of sp³-hybridized carbons (Fsp3) is 0.160. The molecule has 0 saturated heterocycles. The van der Waals surface area contributed by atoms with Crippen molar-refractivity contribution in [2.45, 2.75) is 5.60 Å². The summed E-state index contributed by atoms with van der Waals surface area (Å²) in [6.07, 6.45) is 0. The van der Waals surface area contributed by atoms with Gasteiger partial charge in [-0.25, -0.2) is 4.39 Å². The third-order valence-corrected chi connectivity index (χ3v) is 5.95. The van der Waals surface area contributed by atoms with Crippen LogP contribution in [0.25, 0.3) is 0 Å². The molecule has 0 bridgehead atoms. The largest absolute Gasteiger partial charge is 0.493 e. The molecule has 1 N–H and O–H groups in total. The highest BCUT2D eigenvalue weighted by atomic mass is 19.1. The molecule has 0 radical (unpaired) electrons. The molecular weight excluding hydrogens is 427 g/mol. The van der Waals surface area contributed by atoms with Gasteiger partial charge in [-0.05, 0) is 36.4 Å². The van der Waals surface area contributed by atoms with Crippen LogP contribution in [0.1, 0.15) is 21.5 Å². The first-order valence-electron chi connectivity index (χ1n) is 10.2. The van der Waals surface area contributed by atoms with Crippen LogP contribution in [-0.4, -0.2) is 31.6 Å². The molecule has 1 spiro atoms. The summed E-state index contributed by atoms with van der Waals surface area (Å²) in [5, 5.41) is 6.98. The second-order valence-corrected chi connectivity index (χ2v) is 7.68. The smallest absolute Gasteiger partial charge is 0.277 e. The molecule has 0 saturated carbocycles. The molecule has 8 heteroatoms. The molecule has 2 heterocycles. The molecule has 2 aliphatic rings. The highest BCUT2D eigenvalue weighted by molar-refractivity contribution is 6.24. The number of Topliss-reactive ketones (excluding diaryl/α,β-unsaturated/α-hetero) is 1. The third-order valence-electron chi connectivity index (χ3n) is 5.95. The fourth-order valence-corrected chi connectivity index (χ4v) is 4.35. The zero-order valence-corrected chi connectivity index (χ0v) is 17.8. The van der Waals surface area contributed by atoms with Gasteiger partial charge in [-0.2, -0.15) is 0 Å². The van der Waals surface area contributed by atoms with Gasteiger partial charge in [0.25, 0.3) is 11.5 Å². The lowest BCUT2D eigenvalue weighted by Crippen LogP contribution is -2.46. The first-order chi connectivity index (χ1) is 16.0. The van der Waals surface area contributed by atoms with Crippen molar-refractivity contribution in [3.05, 3.63) is 89.2 Å². The van der Waals surface area contributed by atoms with Gasteiger partial charge in [0.1, 0.15) is 17.4 Å². The number of ether oxygens (including phenoxy) is 2. The predicted octanol–water partition coefficient (Wildman–Crippen LogP) is 3.92. The number of amides is 1. The van der Waals surface area contributed by atoms with Gasteiger partial charge in [-0.15, -0.1) is 0 Å². The van der Waals surface area contributed by atoms with Gasteiger partial charge in [-0.3, -0.25) is 9.59 Å². The monoisotopic (exact) mass is 446 g/mol. The van der Waals surface area contributed by atoms with Crippen LogP contribution in [0.5, 0.6) is 11.5 Å². The number of nitrogens with zero attached hydrogens (tertiary/aromatic N) is 1. The molecule has 0 aromatic heterocycles. The number of halogens is 1. The zero-order valence-electron chi connectivity index (χ0n) is 17.8. The summed E-state index contributed by atoms with van der Waals surface area (Å²) in [6, 6.07) is 17.3.